The van der Waals surface area contributed by atoms with Gasteiger partial charge in [0.1, 0.15) is 5.82 Å². The normalized spacial score (nSPS) is 8.57. The van der Waals surface area contributed by atoms with Gasteiger partial charge >= 0.3 is 0 Å². The van der Waals surface area contributed by atoms with Crippen molar-refractivity contribution in [3.63, 3.8) is 0 Å². The Morgan fingerprint density at radius 3 is 2.50 bits per heavy atom. The van der Waals surface area contributed by atoms with Crippen LogP contribution in [0.25, 0.3) is 0 Å². The molecule has 0 radical (unpaired) electrons. The second-order valence-electron chi connectivity index (χ2n) is 2.53. The van der Waals surface area contributed by atoms with E-state index in [1.54, 1.807) is 6.07 Å². The first-order valence-electron chi connectivity index (χ1n) is 4.46. The highest BCUT2D eigenvalue weighted by Gasteiger charge is 2.03. The quantitative estimate of drug-likeness (QED) is 0.747. The van der Waals surface area contributed by atoms with Crippen LogP contribution in [-0.4, -0.2) is 0 Å². The molecule has 76 valence electrons. The molecule has 0 saturated carbocycles. The number of hydrogen-bond donors (Lipinski definition) is 0. The average molecular weight is 258 g/mol. The predicted molar refractivity (Wildman–Crippen MR) is 59.5 cm³/mol. The molecule has 0 bridgehead atoms. The second kappa shape index (κ2) is 6.56. The third kappa shape index (κ3) is 3.47. The van der Waals surface area contributed by atoms with Crippen molar-refractivity contribution in [3.8, 4) is 6.07 Å². The van der Waals surface area contributed by atoms with Gasteiger partial charge < -0.3 is 0 Å². The lowest BCUT2D eigenvalue weighted by molar-refractivity contribution is 0.619. The van der Waals surface area contributed by atoms with Crippen molar-refractivity contribution in [2.45, 2.75) is 27.2 Å². The van der Waals surface area contributed by atoms with Gasteiger partial charge in [0.25, 0.3) is 0 Å². The molecule has 1 nitrogen and oxygen atoms in total. The van der Waals surface area contributed by atoms with Gasteiger partial charge in [0.2, 0.25) is 0 Å². The van der Waals surface area contributed by atoms with Gasteiger partial charge in [0.05, 0.1) is 17.0 Å². The zero-order chi connectivity index (χ0) is 11.1. The molecule has 0 atom stereocenters. The molecule has 0 N–H and O–H groups in total. The summed E-state index contributed by atoms with van der Waals surface area (Å²) in [7, 11) is 0. The number of nitriles is 1. The number of nitrogens with zero attached hydrogens (tertiary/aromatic N) is 1. The van der Waals surface area contributed by atoms with Crippen LogP contribution in [0.1, 0.15) is 25.0 Å². The third-order valence-electron chi connectivity index (χ3n) is 1.65. The summed E-state index contributed by atoms with van der Waals surface area (Å²) in [6.07, 6.45) is 0.260. The van der Waals surface area contributed by atoms with Crippen molar-refractivity contribution in [1.29, 1.82) is 5.26 Å². The summed E-state index contributed by atoms with van der Waals surface area (Å²) in [5.74, 6) is -0.314. The van der Waals surface area contributed by atoms with Crippen LogP contribution in [-0.2, 0) is 6.42 Å². The maximum atomic E-state index is 12.9. The van der Waals surface area contributed by atoms with E-state index >= 15 is 0 Å². The lowest BCUT2D eigenvalue weighted by atomic mass is 10.1. The van der Waals surface area contributed by atoms with Crippen molar-refractivity contribution in [1.82, 2.24) is 0 Å². The van der Waals surface area contributed by atoms with E-state index < -0.39 is 0 Å². The standard InChI is InChI=1S/C9H7BrFN.C2H6/c1-6-4-8(10)9(11)5-7(6)2-3-12;1-2/h4-5H,2H2,1H3;1-2H3. The van der Waals surface area contributed by atoms with Crippen LogP contribution in [0.4, 0.5) is 4.39 Å². The SMILES string of the molecule is CC.Cc1cc(Br)c(F)cc1CC#N. The van der Waals surface area contributed by atoms with Gasteiger partial charge in [-0.25, -0.2) is 4.39 Å². The van der Waals surface area contributed by atoms with Gasteiger partial charge in [-0.3, -0.25) is 0 Å². The highest BCUT2D eigenvalue weighted by Crippen LogP contribution is 2.20. The maximum absolute atomic E-state index is 12.9. The summed E-state index contributed by atoms with van der Waals surface area (Å²) in [5.41, 5.74) is 1.68. The lowest BCUT2D eigenvalue weighted by Crippen LogP contribution is -1.90. The monoisotopic (exact) mass is 257 g/mol. The van der Waals surface area contributed by atoms with E-state index in [1.807, 2.05) is 26.8 Å². The van der Waals surface area contributed by atoms with E-state index in [0.29, 0.717) is 4.47 Å². The fourth-order valence-electron chi connectivity index (χ4n) is 0.963. The fraction of sp³-hybridized carbons (Fsp3) is 0.364. The molecule has 0 aromatic heterocycles. The Kier molecular flexibility index (Phi) is 6.14. The van der Waals surface area contributed by atoms with Crippen molar-refractivity contribution in [2.24, 2.45) is 0 Å². The van der Waals surface area contributed by atoms with Crippen molar-refractivity contribution >= 4 is 15.9 Å². The predicted octanol–water partition coefficient (Wildman–Crippen LogP) is 3.99. The molecule has 0 unspecified atom stereocenters. The molecule has 0 fully saturated rings. The smallest absolute Gasteiger partial charge is 0.137 e. The minimum atomic E-state index is -0.314. The Balaban J connectivity index is 0.000000791. The zero-order valence-corrected chi connectivity index (χ0v) is 10.2. The van der Waals surface area contributed by atoms with Gasteiger partial charge in [0.15, 0.2) is 0 Å². The zero-order valence-electron chi connectivity index (χ0n) is 8.56. The van der Waals surface area contributed by atoms with Crippen molar-refractivity contribution in [2.75, 3.05) is 0 Å². The summed E-state index contributed by atoms with van der Waals surface area (Å²) in [4.78, 5) is 0. The van der Waals surface area contributed by atoms with Crippen molar-refractivity contribution < 1.29 is 4.39 Å². The van der Waals surface area contributed by atoms with E-state index in [-0.39, 0.29) is 12.2 Å². The molecule has 0 aliphatic carbocycles. The number of halogens is 2. The number of rotatable bonds is 1. The Morgan fingerprint density at radius 2 is 2.00 bits per heavy atom. The van der Waals surface area contributed by atoms with Crippen LogP contribution in [0, 0.1) is 24.1 Å². The molecule has 1 aromatic rings. The van der Waals surface area contributed by atoms with Gasteiger partial charge in [-0.15, -0.1) is 0 Å². The molecule has 0 aliphatic rings. The highest BCUT2D eigenvalue weighted by atomic mass is 79.9. The first kappa shape index (κ1) is 13.1. The Hall–Kier alpha value is -0.880. The Bertz CT molecular complexity index is 342. The molecule has 1 aromatic carbocycles. The Morgan fingerprint density at radius 1 is 1.43 bits per heavy atom. The van der Waals surface area contributed by atoms with Crippen LogP contribution in [0.3, 0.4) is 0 Å². The van der Waals surface area contributed by atoms with E-state index in [2.05, 4.69) is 15.9 Å². The molecular formula is C11H13BrFN. The molecule has 0 spiro atoms. The highest BCUT2D eigenvalue weighted by molar-refractivity contribution is 9.10. The average Bonchev–Trinajstić information content (AvgIpc) is 2.18. The lowest BCUT2D eigenvalue weighted by Gasteiger charge is -2.02. The van der Waals surface area contributed by atoms with Gasteiger partial charge in [-0.05, 0) is 46.1 Å². The molecule has 0 aliphatic heterocycles. The number of benzene rings is 1. The molecule has 0 amide bonds. The molecular weight excluding hydrogens is 245 g/mol. The van der Waals surface area contributed by atoms with Crippen LogP contribution < -0.4 is 0 Å². The summed E-state index contributed by atoms with van der Waals surface area (Å²) in [5, 5.41) is 8.42. The number of aryl methyl sites for hydroxylation is 1. The third-order valence-corrected chi connectivity index (χ3v) is 2.26. The molecule has 0 heterocycles. The molecule has 14 heavy (non-hydrogen) atoms. The first-order chi connectivity index (χ1) is 6.65. The van der Waals surface area contributed by atoms with E-state index in [0.717, 1.165) is 11.1 Å². The van der Waals surface area contributed by atoms with Gasteiger partial charge in [-0.2, -0.15) is 5.26 Å². The van der Waals surface area contributed by atoms with Gasteiger partial charge in [0, 0.05) is 0 Å². The Labute approximate surface area is 92.7 Å². The van der Waals surface area contributed by atoms with Crippen molar-refractivity contribution in [3.05, 3.63) is 33.5 Å². The van der Waals surface area contributed by atoms with Crippen LogP contribution >= 0.6 is 15.9 Å². The molecule has 3 heteroatoms. The fourth-order valence-corrected chi connectivity index (χ4v) is 1.42. The van der Waals surface area contributed by atoms with Crippen LogP contribution in [0.5, 0.6) is 0 Å². The number of hydrogen-bond acceptors (Lipinski definition) is 1. The molecule has 0 saturated heterocycles. The maximum Gasteiger partial charge on any atom is 0.137 e. The topological polar surface area (TPSA) is 23.8 Å². The van der Waals surface area contributed by atoms with E-state index in [1.165, 1.54) is 6.07 Å². The summed E-state index contributed by atoms with van der Waals surface area (Å²) < 4.78 is 13.4. The summed E-state index contributed by atoms with van der Waals surface area (Å²) >= 11 is 3.07. The van der Waals surface area contributed by atoms with E-state index in [9.17, 15) is 4.39 Å². The summed E-state index contributed by atoms with van der Waals surface area (Å²) in [6, 6.07) is 5.06. The van der Waals surface area contributed by atoms with E-state index in [4.69, 9.17) is 5.26 Å². The summed E-state index contributed by atoms with van der Waals surface area (Å²) in [6.45, 7) is 5.86. The minimum Gasteiger partial charge on any atom is -0.206 e. The largest absolute Gasteiger partial charge is 0.206 e. The molecule has 1 rings (SSSR count). The first-order valence-corrected chi connectivity index (χ1v) is 5.26. The second-order valence-corrected chi connectivity index (χ2v) is 3.38. The van der Waals surface area contributed by atoms with Gasteiger partial charge in [-0.1, -0.05) is 13.8 Å². The van der Waals surface area contributed by atoms with Crippen LogP contribution in [0.15, 0.2) is 16.6 Å². The minimum absolute atomic E-state index is 0.260. The van der Waals surface area contributed by atoms with Crippen LogP contribution in [0.2, 0.25) is 0 Å².